The third kappa shape index (κ3) is 4.60. The van der Waals surface area contributed by atoms with Crippen LogP contribution in [0.25, 0.3) is 10.8 Å². The van der Waals surface area contributed by atoms with Gasteiger partial charge in [0, 0.05) is 56.4 Å². The molecule has 0 saturated carbocycles. The van der Waals surface area contributed by atoms with Gasteiger partial charge in [0.1, 0.15) is 5.75 Å². The minimum atomic E-state index is -0.162. The van der Waals surface area contributed by atoms with Gasteiger partial charge in [0.05, 0.1) is 26.4 Å². The van der Waals surface area contributed by atoms with Crippen LogP contribution in [0.3, 0.4) is 0 Å². The van der Waals surface area contributed by atoms with Crippen LogP contribution in [0.4, 0.5) is 0 Å². The first kappa shape index (κ1) is 22.3. The molecule has 174 valence electrons. The van der Waals surface area contributed by atoms with E-state index in [1.54, 1.807) is 18.9 Å². The molecule has 2 aliphatic heterocycles. The Bertz CT molecular complexity index is 1130. The van der Waals surface area contributed by atoms with Gasteiger partial charge in [0.25, 0.3) is 0 Å². The van der Waals surface area contributed by atoms with Gasteiger partial charge in [0.15, 0.2) is 5.16 Å². The van der Waals surface area contributed by atoms with E-state index in [4.69, 9.17) is 9.47 Å². The predicted octanol–water partition coefficient (Wildman–Crippen LogP) is 3.18. The number of hydrogen-bond acceptors (Lipinski definition) is 6. The number of hydrogen-bond donors (Lipinski definition) is 0. The summed E-state index contributed by atoms with van der Waals surface area (Å²) in [7, 11) is 3.73. The Kier molecular flexibility index (Phi) is 6.57. The first-order valence-electron chi connectivity index (χ1n) is 11.4. The van der Waals surface area contributed by atoms with E-state index in [2.05, 4.69) is 40.2 Å². The molecule has 2 aliphatic rings. The zero-order chi connectivity index (χ0) is 22.8. The van der Waals surface area contributed by atoms with Gasteiger partial charge in [-0.3, -0.25) is 9.69 Å². The van der Waals surface area contributed by atoms with Crippen LogP contribution in [-0.4, -0.2) is 76.5 Å². The third-order valence-electron chi connectivity index (χ3n) is 6.60. The maximum Gasteiger partial charge on any atom is 0.240 e. The van der Waals surface area contributed by atoms with Crippen LogP contribution in [-0.2, 0) is 23.1 Å². The summed E-state index contributed by atoms with van der Waals surface area (Å²) in [4.78, 5) is 22.4. The number of carbonyl (C=O) groups is 1. The fraction of sp³-hybridized carbons (Fsp3) is 0.440. The highest BCUT2D eigenvalue weighted by molar-refractivity contribution is 7.99. The van der Waals surface area contributed by atoms with Crippen molar-refractivity contribution in [1.29, 1.82) is 0 Å². The summed E-state index contributed by atoms with van der Waals surface area (Å²) in [6.45, 7) is 4.05. The van der Waals surface area contributed by atoms with Crippen molar-refractivity contribution in [3.8, 4) is 5.75 Å². The second kappa shape index (κ2) is 9.75. The number of likely N-dealkylation sites (tertiary alicyclic amines) is 1. The standard InChI is InChI=1S/C25H30N4O3S/c1-27-10-9-26-25(27)33-19-15-22(24(30)28-11-13-32-14-12-28)29(16-19)17-21-20-6-4-3-5-18(20)7-8-23(21)31-2/h3-10,19,22H,11-17H2,1-2H3/t19-,22+/m1/s1. The molecule has 8 heteroatoms. The highest BCUT2D eigenvalue weighted by Gasteiger charge is 2.40. The van der Waals surface area contributed by atoms with Crippen molar-refractivity contribution in [2.45, 2.75) is 29.4 Å². The number of morpholine rings is 1. The monoisotopic (exact) mass is 466 g/mol. The molecule has 2 saturated heterocycles. The van der Waals surface area contributed by atoms with Gasteiger partial charge >= 0.3 is 0 Å². The minimum Gasteiger partial charge on any atom is -0.496 e. The number of thioether (sulfide) groups is 1. The average Bonchev–Trinajstić information content (AvgIpc) is 3.45. The molecule has 33 heavy (non-hydrogen) atoms. The fourth-order valence-electron chi connectivity index (χ4n) is 4.86. The normalized spacial score (nSPS) is 21.6. The molecule has 2 fully saturated rings. The van der Waals surface area contributed by atoms with E-state index in [9.17, 15) is 4.79 Å². The molecule has 5 rings (SSSR count). The van der Waals surface area contributed by atoms with Gasteiger partial charge in [-0.05, 0) is 23.3 Å². The quantitative estimate of drug-likeness (QED) is 0.556. The number of ether oxygens (including phenoxy) is 2. The van der Waals surface area contributed by atoms with Crippen LogP contribution < -0.4 is 4.74 Å². The number of amides is 1. The molecule has 2 atom stereocenters. The van der Waals surface area contributed by atoms with Crippen molar-refractivity contribution < 1.29 is 14.3 Å². The number of rotatable bonds is 6. The Balaban J connectivity index is 1.44. The number of aromatic nitrogens is 2. The summed E-state index contributed by atoms with van der Waals surface area (Å²) in [5, 5.41) is 3.64. The Labute approximate surface area is 198 Å². The number of methoxy groups -OCH3 is 1. The number of imidazole rings is 1. The van der Waals surface area contributed by atoms with Gasteiger partial charge in [0.2, 0.25) is 5.91 Å². The smallest absolute Gasteiger partial charge is 0.240 e. The number of nitrogens with zero attached hydrogens (tertiary/aromatic N) is 4. The van der Waals surface area contributed by atoms with E-state index in [-0.39, 0.29) is 11.9 Å². The largest absolute Gasteiger partial charge is 0.496 e. The van der Waals surface area contributed by atoms with Crippen LogP contribution in [0.1, 0.15) is 12.0 Å². The second-order valence-electron chi connectivity index (χ2n) is 8.65. The number of fused-ring (bicyclic) bond motifs is 1. The van der Waals surface area contributed by atoms with Gasteiger partial charge in [-0.1, -0.05) is 42.1 Å². The van der Waals surface area contributed by atoms with Crippen LogP contribution in [0.15, 0.2) is 53.9 Å². The Morgan fingerprint density at radius 3 is 2.79 bits per heavy atom. The van der Waals surface area contributed by atoms with Gasteiger partial charge in [-0.2, -0.15) is 0 Å². The Morgan fingerprint density at radius 1 is 1.21 bits per heavy atom. The molecular weight excluding hydrogens is 436 g/mol. The lowest BCUT2D eigenvalue weighted by atomic mass is 10.0. The summed E-state index contributed by atoms with van der Waals surface area (Å²) in [6.07, 6.45) is 4.60. The SMILES string of the molecule is COc1ccc2ccccc2c1CN1C[C@H](Sc2nccn2C)C[C@H]1C(=O)N1CCOCC1. The third-order valence-corrected chi connectivity index (χ3v) is 7.88. The Hall–Kier alpha value is -2.55. The molecule has 0 spiro atoms. The molecule has 0 radical (unpaired) electrons. The van der Waals surface area contributed by atoms with Crippen LogP contribution in [0, 0.1) is 0 Å². The molecule has 2 aromatic carbocycles. The van der Waals surface area contributed by atoms with Crippen LogP contribution in [0.5, 0.6) is 5.75 Å². The van der Waals surface area contributed by atoms with E-state index in [0.29, 0.717) is 38.1 Å². The molecule has 3 heterocycles. The van der Waals surface area contributed by atoms with E-state index >= 15 is 0 Å². The van der Waals surface area contributed by atoms with Crippen molar-refractivity contribution in [3.63, 3.8) is 0 Å². The number of aryl methyl sites for hydroxylation is 1. The van der Waals surface area contributed by atoms with Crippen LogP contribution >= 0.6 is 11.8 Å². The van der Waals surface area contributed by atoms with Crippen molar-refractivity contribution in [3.05, 3.63) is 54.4 Å². The predicted molar refractivity (Wildman–Crippen MR) is 130 cm³/mol. The summed E-state index contributed by atoms with van der Waals surface area (Å²) >= 11 is 1.76. The average molecular weight is 467 g/mol. The molecular formula is C25H30N4O3S. The summed E-state index contributed by atoms with van der Waals surface area (Å²) < 4.78 is 13.3. The first-order chi connectivity index (χ1) is 16.1. The molecule has 0 N–H and O–H groups in total. The fourth-order valence-corrected chi connectivity index (χ4v) is 6.05. The lowest BCUT2D eigenvalue weighted by Gasteiger charge is -2.32. The summed E-state index contributed by atoms with van der Waals surface area (Å²) in [6, 6.07) is 12.3. The van der Waals surface area contributed by atoms with Crippen molar-refractivity contribution in [2.24, 2.45) is 7.05 Å². The number of carbonyl (C=O) groups excluding carboxylic acids is 1. The molecule has 7 nitrogen and oxygen atoms in total. The topological polar surface area (TPSA) is 59.8 Å². The van der Waals surface area contributed by atoms with Gasteiger partial charge in [-0.25, -0.2) is 4.98 Å². The van der Waals surface area contributed by atoms with Gasteiger partial charge < -0.3 is 18.9 Å². The minimum absolute atomic E-state index is 0.162. The van der Waals surface area contributed by atoms with E-state index in [1.165, 1.54) is 10.8 Å². The summed E-state index contributed by atoms with van der Waals surface area (Å²) in [5.74, 6) is 1.08. The highest BCUT2D eigenvalue weighted by Crippen LogP contribution is 2.36. The first-order valence-corrected chi connectivity index (χ1v) is 12.3. The van der Waals surface area contributed by atoms with Gasteiger partial charge in [-0.15, -0.1) is 0 Å². The molecule has 1 aromatic heterocycles. The zero-order valence-electron chi connectivity index (χ0n) is 19.1. The molecule has 1 amide bonds. The van der Waals surface area contributed by atoms with E-state index < -0.39 is 0 Å². The number of benzene rings is 2. The van der Waals surface area contributed by atoms with Crippen LogP contribution in [0.2, 0.25) is 0 Å². The lowest BCUT2D eigenvalue weighted by Crippen LogP contribution is -2.49. The lowest BCUT2D eigenvalue weighted by molar-refractivity contribution is -0.140. The van der Waals surface area contributed by atoms with Crippen molar-refractivity contribution in [2.75, 3.05) is 40.0 Å². The second-order valence-corrected chi connectivity index (χ2v) is 9.91. The molecule has 0 aliphatic carbocycles. The maximum atomic E-state index is 13.6. The van der Waals surface area contributed by atoms with E-state index in [1.807, 2.05) is 35.0 Å². The zero-order valence-corrected chi connectivity index (χ0v) is 20.0. The van der Waals surface area contributed by atoms with Crippen molar-refractivity contribution in [1.82, 2.24) is 19.4 Å². The van der Waals surface area contributed by atoms with Crippen molar-refractivity contribution >= 4 is 28.4 Å². The molecule has 0 unspecified atom stereocenters. The Morgan fingerprint density at radius 2 is 2.03 bits per heavy atom. The summed E-state index contributed by atoms with van der Waals surface area (Å²) in [5.41, 5.74) is 1.14. The maximum absolute atomic E-state index is 13.6. The molecule has 0 bridgehead atoms. The van der Waals surface area contributed by atoms with E-state index in [0.717, 1.165) is 29.4 Å². The highest BCUT2D eigenvalue weighted by atomic mass is 32.2. The molecule has 3 aromatic rings.